The highest BCUT2D eigenvalue weighted by Crippen LogP contribution is 2.45. The molecule has 0 fully saturated rings. The Hall–Kier alpha value is -4.54. The Morgan fingerprint density at radius 1 is 0.300 bits per heavy atom. The number of hydrogen-bond acceptors (Lipinski definition) is 15. The second kappa shape index (κ2) is 72.8. The molecule has 0 aliphatic heterocycles. The van der Waals surface area contributed by atoms with Crippen LogP contribution in [0.15, 0.2) is 122 Å². The predicted octanol–water partition coefficient (Wildman–Crippen LogP) is 22.3. The van der Waals surface area contributed by atoms with Gasteiger partial charge < -0.3 is 33.8 Å². The number of carbonyl (C=O) groups excluding carboxylic acids is 4. The van der Waals surface area contributed by atoms with Gasteiger partial charge in [-0.3, -0.25) is 37.3 Å². The Labute approximate surface area is 606 Å². The van der Waals surface area contributed by atoms with Gasteiger partial charge in [0.2, 0.25) is 0 Å². The van der Waals surface area contributed by atoms with Crippen molar-refractivity contribution in [1.82, 2.24) is 0 Å². The van der Waals surface area contributed by atoms with Crippen LogP contribution in [0.5, 0.6) is 0 Å². The standard InChI is InChI=1S/C81H138O17P2/c1-5-9-13-17-21-25-29-32-35-36-37-38-41-43-47-50-54-58-62-66-79(84)92-72-77(98-81(86)68-64-60-56-52-48-44-40-34-31-27-23-19-15-11-7-3)74-96-100(89,90)94-70-75(82)69-93-99(87,88)95-73-76(97-80(85)67-63-59-55-51-45-28-24-20-16-12-8-4)71-91-78(83)65-61-57-53-49-46-42-39-33-30-26-22-18-14-10-6-2/h11,15,21-23,25-27,32-35,37-40,48,52,60,64,75-77,82H,5-10,12-14,16-20,24,28-31,36,41-47,49-51,53-59,61-63,65-74H2,1-4H3,(H,87,88)(H,89,90)/b15-11-,25-21-,26-22-,27-23-,35-32-,38-37-,39-33-,40-34-,52-48-,64-60-. The molecule has 0 aliphatic carbocycles. The van der Waals surface area contributed by atoms with Crippen molar-refractivity contribution in [3.05, 3.63) is 122 Å². The molecule has 0 spiro atoms. The van der Waals surface area contributed by atoms with Crippen LogP contribution in [0.4, 0.5) is 0 Å². The second-order valence-corrected chi connectivity index (χ2v) is 28.5. The lowest BCUT2D eigenvalue weighted by Crippen LogP contribution is -2.30. The molecule has 0 heterocycles. The maximum absolute atomic E-state index is 13.1. The molecule has 0 aromatic carbocycles. The highest BCUT2D eigenvalue weighted by Gasteiger charge is 2.30. The number of carbonyl (C=O) groups is 4. The third kappa shape index (κ3) is 71.8. The monoisotopic (exact) mass is 1440 g/mol. The molecule has 574 valence electrons. The van der Waals surface area contributed by atoms with Gasteiger partial charge in [-0.05, 0) is 122 Å². The number of aliphatic hydroxyl groups excluding tert-OH is 1. The fourth-order valence-corrected chi connectivity index (χ4v) is 11.6. The molecule has 0 radical (unpaired) electrons. The molecule has 0 bridgehead atoms. The van der Waals surface area contributed by atoms with E-state index in [1.807, 2.05) is 12.2 Å². The van der Waals surface area contributed by atoms with Crippen LogP contribution in [0.25, 0.3) is 0 Å². The summed E-state index contributed by atoms with van der Waals surface area (Å²) >= 11 is 0. The number of allylic oxidation sites excluding steroid dienone is 19. The van der Waals surface area contributed by atoms with Gasteiger partial charge in [0.05, 0.1) is 32.8 Å². The molecule has 0 aromatic rings. The number of aliphatic hydroxyl groups is 1. The third-order valence-electron chi connectivity index (χ3n) is 15.9. The van der Waals surface area contributed by atoms with Crippen molar-refractivity contribution in [2.45, 2.75) is 329 Å². The second-order valence-electron chi connectivity index (χ2n) is 25.6. The average molecular weight is 1450 g/mol. The van der Waals surface area contributed by atoms with Gasteiger partial charge in [0.15, 0.2) is 12.2 Å². The number of ether oxygens (including phenoxy) is 4. The van der Waals surface area contributed by atoms with Crippen molar-refractivity contribution in [1.29, 1.82) is 0 Å². The molecule has 17 nitrogen and oxygen atoms in total. The lowest BCUT2D eigenvalue weighted by Gasteiger charge is -2.21. The summed E-state index contributed by atoms with van der Waals surface area (Å²) in [5, 5.41) is 10.6. The van der Waals surface area contributed by atoms with E-state index in [9.17, 15) is 43.2 Å². The number of phosphoric ester groups is 2. The van der Waals surface area contributed by atoms with E-state index >= 15 is 0 Å². The van der Waals surface area contributed by atoms with Crippen molar-refractivity contribution in [2.24, 2.45) is 0 Å². The lowest BCUT2D eigenvalue weighted by molar-refractivity contribution is -0.161. The van der Waals surface area contributed by atoms with Crippen LogP contribution in [0.1, 0.15) is 310 Å². The molecule has 5 unspecified atom stereocenters. The molecule has 3 N–H and O–H groups in total. The van der Waals surface area contributed by atoms with Gasteiger partial charge in [-0.15, -0.1) is 0 Å². The first kappa shape index (κ1) is 95.5. The summed E-state index contributed by atoms with van der Waals surface area (Å²) in [5.41, 5.74) is 0. The molecule has 5 atom stereocenters. The Morgan fingerprint density at radius 2 is 0.560 bits per heavy atom. The van der Waals surface area contributed by atoms with E-state index in [0.29, 0.717) is 25.7 Å². The predicted molar refractivity (Wildman–Crippen MR) is 408 cm³/mol. The van der Waals surface area contributed by atoms with Crippen molar-refractivity contribution >= 4 is 39.5 Å². The Balaban J connectivity index is 5.40. The van der Waals surface area contributed by atoms with E-state index in [-0.39, 0.29) is 25.7 Å². The molecule has 19 heteroatoms. The zero-order chi connectivity index (χ0) is 73.2. The largest absolute Gasteiger partial charge is 0.472 e. The molecular formula is C81H138O17P2. The number of unbranched alkanes of at least 4 members (excludes halogenated alkanes) is 27. The van der Waals surface area contributed by atoms with Crippen LogP contribution in [-0.4, -0.2) is 96.7 Å². The highest BCUT2D eigenvalue weighted by molar-refractivity contribution is 7.47. The summed E-state index contributed by atoms with van der Waals surface area (Å²) in [7, 11) is -9.99. The quantitative estimate of drug-likeness (QED) is 0.0169. The van der Waals surface area contributed by atoms with Gasteiger partial charge in [-0.2, -0.15) is 0 Å². The van der Waals surface area contributed by atoms with Gasteiger partial charge >= 0.3 is 39.5 Å². The molecule has 0 amide bonds. The molecule has 0 aromatic heterocycles. The van der Waals surface area contributed by atoms with Gasteiger partial charge in [0.25, 0.3) is 0 Å². The van der Waals surface area contributed by atoms with Crippen LogP contribution < -0.4 is 0 Å². The number of rotatable bonds is 72. The minimum Gasteiger partial charge on any atom is -0.462 e. The smallest absolute Gasteiger partial charge is 0.462 e. The molecular weight excluding hydrogens is 1310 g/mol. The molecule has 0 rings (SSSR count). The Morgan fingerprint density at radius 3 is 0.910 bits per heavy atom. The first-order valence-corrected chi connectivity index (χ1v) is 41.8. The molecule has 0 saturated heterocycles. The topological polar surface area (TPSA) is 237 Å². The molecule has 0 aliphatic rings. The minimum absolute atomic E-state index is 0.0903. The zero-order valence-electron chi connectivity index (χ0n) is 62.6. The van der Waals surface area contributed by atoms with Crippen molar-refractivity contribution < 1.29 is 80.2 Å². The summed E-state index contributed by atoms with van der Waals surface area (Å²) in [4.78, 5) is 72.8. The van der Waals surface area contributed by atoms with Gasteiger partial charge in [0, 0.05) is 19.3 Å². The first-order valence-electron chi connectivity index (χ1n) is 38.8. The van der Waals surface area contributed by atoms with Crippen LogP contribution >= 0.6 is 15.6 Å². The fourth-order valence-electron chi connectivity index (χ4n) is 10.0. The normalized spacial score (nSPS) is 14.6. The van der Waals surface area contributed by atoms with E-state index in [2.05, 4.69) is 125 Å². The van der Waals surface area contributed by atoms with E-state index in [1.165, 1.54) is 77.0 Å². The Bertz CT molecular complexity index is 2370. The highest BCUT2D eigenvalue weighted by atomic mass is 31.2. The van der Waals surface area contributed by atoms with E-state index < -0.39 is 97.5 Å². The maximum Gasteiger partial charge on any atom is 0.472 e. The van der Waals surface area contributed by atoms with Crippen molar-refractivity contribution in [2.75, 3.05) is 39.6 Å². The van der Waals surface area contributed by atoms with Gasteiger partial charge in [0.1, 0.15) is 19.3 Å². The lowest BCUT2D eigenvalue weighted by atomic mass is 10.1. The minimum atomic E-state index is -5.00. The number of hydrogen-bond donors (Lipinski definition) is 3. The SMILES string of the molecule is CC/C=C\C/C=C\C/C=C\C/C=C\C/C=C\CC(=O)OC(COC(=O)CCCCCCCC/C=C\C/C=C\C/C=C\CCCCC)COP(=O)(O)OCC(O)COP(=O)(O)OCC(COC(=O)CCCCCCC/C=C\C/C=C\CCCCC)OC(=O)CCCCCCCCCCCCC. The molecule has 0 saturated carbocycles. The van der Waals surface area contributed by atoms with E-state index in [0.717, 1.165) is 154 Å². The summed E-state index contributed by atoms with van der Waals surface area (Å²) < 4.78 is 68.3. The molecule has 100 heavy (non-hydrogen) atoms. The maximum atomic E-state index is 13.1. The van der Waals surface area contributed by atoms with Gasteiger partial charge in [-0.1, -0.05) is 284 Å². The average Bonchev–Trinajstić information content (AvgIpc) is 0.926. The first-order chi connectivity index (χ1) is 48.7. The number of esters is 4. The fraction of sp³-hybridized carbons (Fsp3) is 0.704. The Kier molecular flexibility index (Phi) is 69.5. The zero-order valence-corrected chi connectivity index (χ0v) is 64.4. The number of phosphoric acid groups is 2. The third-order valence-corrected chi connectivity index (χ3v) is 17.8. The van der Waals surface area contributed by atoms with Crippen molar-refractivity contribution in [3.63, 3.8) is 0 Å². The van der Waals surface area contributed by atoms with Gasteiger partial charge in [-0.25, -0.2) is 9.13 Å². The summed E-state index contributed by atoms with van der Waals surface area (Å²) in [5.74, 6) is -2.35. The van der Waals surface area contributed by atoms with Crippen LogP contribution in [0.3, 0.4) is 0 Å². The van der Waals surface area contributed by atoms with E-state index in [1.54, 1.807) is 12.2 Å². The van der Waals surface area contributed by atoms with Crippen LogP contribution in [-0.2, 0) is 65.4 Å². The van der Waals surface area contributed by atoms with Crippen LogP contribution in [0, 0.1) is 0 Å². The summed E-state index contributed by atoms with van der Waals surface area (Å²) in [6, 6.07) is 0. The van der Waals surface area contributed by atoms with Crippen molar-refractivity contribution in [3.8, 4) is 0 Å². The van der Waals surface area contributed by atoms with E-state index in [4.69, 9.17) is 37.0 Å². The summed E-state index contributed by atoms with van der Waals surface area (Å²) in [6.07, 6.45) is 79.3. The van der Waals surface area contributed by atoms with Crippen LogP contribution in [0.2, 0.25) is 0 Å². The summed E-state index contributed by atoms with van der Waals surface area (Å²) in [6.45, 7) is 4.56.